The molecule has 1 aromatic carbocycles. The Labute approximate surface area is 123 Å². The minimum Gasteiger partial charge on any atom is -0.378 e. The minimum atomic E-state index is 0.146. The molecule has 2 N–H and O–H groups in total. The van der Waals surface area contributed by atoms with Crippen LogP contribution in [-0.2, 0) is 16.1 Å². The number of para-hydroxylation sites is 1. The van der Waals surface area contributed by atoms with Crippen LogP contribution in [0.5, 0.6) is 0 Å². The molecule has 1 aliphatic heterocycles. The van der Waals surface area contributed by atoms with Gasteiger partial charge in [-0.25, -0.2) is 4.98 Å². The van der Waals surface area contributed by atoms with Crippen molar-refractivity contribution in [2.24, 2.45) is 0 Å². The Morgan fingerprint density at radius 3 is 2.90 bits per heavy atom. The number of rotatable bonds is 3. The van der Waals surface area contributed by atoms with Gasteiger partial charge in [-0.05, 0) is 18.6 Å². The number of carbonyl (C=O) groups is 1. The van der Waals surface area contributed by atoms with Crippen LogP contribution in [0.15, 0.2) is 18.2 Å². The zero-order valence-electron chi connectivity index (χ0n) is 12.2. The molecule has 1 aliphatic rings. The van der Waals surface area contributed by atoms with E-state index in [9.17, 15) is 4.79 Å². The Morgan fingerprint density at radius 2 is 2.14 bits per heavy atom. The fraction of sp³-hybridized carbons (Fsp3) is 0.467. The summed E-state index contributed by atoms with van der Waals surface area (Å²) in [6.45, 7) is 5.20. The zero-order chi connectivity index (χ0) is 14.8. The fourth-order valence-electron chi connectivity index (χ4n) is 2.79. The number of anilines is 1. The highest BCUT2D eigenvalue weighted by Crippen LogP contribution is 2.21. The highest BCUT2D eigenvalue weighted by molar-refractivity contribution is 5.82. The molecule has 0 saturated carbocycles. The number of nitrogens with two attached hydrogens (primary N) is 1. The van der Waals surface area contributed by atoms with Crippen molar-refractivity contribution in [1.29, 1.82) is 0 Å². The largest absolute Gasteiger partial charge is 0.378 e. The Kier molecular flexibility index (Phi) is 3.79. The SMILES string of the molecule is Cc1cccc2nc(N)n(CCC(=O)N3CCOCC3)c12. The van der Waals surface area contributed by atoms with E-state index in [0.717, 1.165) is 16.6 Å². The van der Waals surface area contributed by atoms with Crippen molar-refractivity contribution in [3.63, 3.8) is 0 Å². The van der Waals surface area contributed by atoms with Crippen LogP contribution in [0.4, 0.5) is 5.95 Å². The van der Waals surface area contributed by atoms with Crippen molar-refractivity contribution in [2.75, 3.05) is 32.0 Å². The molecule has 2 heterocycles. The van der Waals surface area contributed by atoms with Crippen molar-refractivity contribution in [2.45, 2.75) is 19.9 Å². The lowest BCUT2D eigenvalue weighted by Crippen LogP contribution is -2.41. The average Bonchev–Trinajstić information content (AvgIpc) is 2.82. The van der Waals surface area contributed by atoms with E-state index in [4.69, 9.17) is 10.5 Å². The summed E-state index contributed by atoms with van der Waals surface area (Å²) in [5.41, 5.74) is 9.01. The van der Waals surface area contributed by atoms with Gasteiger partial charge in [0.2, 0.25) is 11.9 Å². The van der Waals surface area contributed by atoms with Crippen LogP contribution in [0.1, 0.15) is 12.0 Å². The summed E-state index contributed by atoms with van der Waals surface area (Å²) >= 11 is 0. The first-order valence-electron chi connectivity index (χ1n) is 7.23. The van der Waals surface area contributed by atoms with E-state index < -0.39 is 0 Å². The molecule has 1 fully saturated rings. The number of hydrogen-bond donors (Lipinski definition) is 1. The summed E-state index contributed by atoms with van der Waals surface area (Å²) < 4.78 is 7.20. The molecule has 0 atom stereocenters. The van der Waals surface area contributed by atoms with E-state index in [1.165, 1.54) is 0 Å². The number of amides is 1. The third-order valence-electron chi connectivity index (χ3n) is 3.91. The van der Waals surface area contributed by atoms with E-state index in [1.807, 2.05) is 34.6 Å². The Morgan fingerprint density at radius 1 is 1.38 bits per heavy atom. The van der Waals surface area contributed by atoms with Gasteiger partial charge in [0, 0.05) is 26.1 Å². The molecule has 3 rings (SSSR count). The van der Waals surface area contributed by atoms with Crippen LogP contribution in [0.3, 0.4) is 0 Å². The summed E-state index contributed by atoms with van der Waals surface area (Å²) in [6, 6.07) is 5.94. The average molecular weight is 288 g/mol. The number of carbonyl (C=O) groups excluding carboxylic acids is 1. The maximum Gasteiger partial charge on any atom is 0.224 e. The van der Waals surface area contributed by atoms with Gasteiger partial charge >= 0.3 is 0 Å². The van der Waals surface area contributed by atoms with Gasteiger partial charge in [-0.1, -0.05) is 12.1 Å². The normalized spacial score (nSPS) is 15.6. The third-order valence-corrected chi connectivity index (χ3v) is 3.91. The van der Waals surface area contributed by atoms with Crippen molar-refractivity contribution < 1.29 is 9.53 Å². The van der Waals surface area contributed by atoms with Gasteiger partial charge in [0.25, 0.3) is 0 Å². The second-order valence-electron chi connectivity index (χ2n) is 5.31. The molecule has 0 bridgehead atoms. The number of imidazole rings is 1. The molecular formula is C15H20N4O2. The highest BCUT2D eigenvalue weighted by atomic mass is 16.5. The topological polar surface area (TPSA) is 73.4 Å². The van der Waals surface area contributed by atoms with Crippen molar-refractivity contribution >= 4 is 22.9 Å². The summed E-state index contributed by atoms with van der Waals surface area (Å²) in [5.74, 6) is 0.613. The Balaban J connectivity index is 1.76. The van der Waals surface area contributed by atoms with Crippen LogP contribution in [0, 0.1) is 6.92 Å². The minimum absolute atomic E-state index is 0.146. The number of nitrogens with zero attached hydrogens (tertiary/aromatic N) is 3. The second-order valence-corrected chi connectivity index (χ2v) is 5.31. The molecule has 112 valence electrons. The van der Waals surface area contributed by atoms with E-state index in [2.05, 4.69) is 4.98 Å². The number of ether oxygens (including phenoxy) is 1. The Bertz CT molecular complexity index is 659. The quantitative estimate of drug-likeness (QED) is 0.920. The molecule has 1 aromatic heterocycles. The number of fused-ring (bicyclic) bond motifs is 1. The van der Waals surface area contributed by atoms with Crippen LogP contribution in [0.25, 0.3) is 11.0 Å². The first-order valence-corrected chi connectivity index (χ1v) is 7.23. The monoisotopic (exact) mass is 288 g/mol. The highest BCUT2D eigenvalue weighted by Gasteiger charge is 2.18. The zero-order valence-corrected chi connectivity index (χ0v) is 12.2. The molecule has 1 saturated heterocycles. The fourth-order valence-corrected chi connectivity index (χ4v) is 2.79. The van der Waals surface area contributed by atoms with Crippen LogP contribution in [-0.4, -0.2) is 46.7 Å². The van der Waals surface area contributed by atoms with Crippen molar-refractivity contribution in [3.8, 4) is 0 Å². The molecule has 0 aliphatic carbocycles. The lowest BCUT2D eigenvalue weighted by molar-refractivity contribution is -0.135. The molecule has 0 radical (unpaired) electrons. The molecule has 0 unspecified atom stereocenters. The maximum atomic E-state index is 12.2. The maximum absolute atomic E-state index is 12.2. The molecular weight excluding hydrogens is 268 g/mol. The number of nitrogen functional groups attached to an aromatic ring is 1. The number of aromatic nitrogens is 2. The van der Waals surface area contributed by atoms with Crippen molar-refractivity contribution in [1.82, 2.24) is 14.5 Å². The van der Waals surface area contributed by atoms with Gasteiger partial charge in [-0.2, -0.15) is 0 Å². The van der Waals surface area contributed by atoms with Gasteiger partial charge in [0.15, 0.2) is 0 Å². The molecule has 0 spiro atoms. The van der Waals surface area contributed by atoms with Gasteiger partial charge in [-0.3, -0.25) is 4.79 Å². The molecule has 6 heteroatoms. The lowest BCUT2D eigenvalue weighted by atomic mass is 10.2. The summed E-state index contributed by atoms with van der Waals surface area (Å²) in [6.07, 6.45) is 0.435. The Hall–Kier alpha value is -2.08. The van der Waals surface area contributed by atoms with Gasteiger partial charge < -0.3 is 19.9 Å². The molecule has 6 nitrogen and oxygen atoms in total. The predicted octanol–water partition coefficient (Wildman–Crippen LogP) is 1.18. The summed E-state index contributed by atoms with van der Waals surface area (Å²) in [5, 5.41) is 0. The van der Waals surface area contributed by atoms with Crippen LogP contribution >= 0.6 is 0 Å². The standard InChI is InChI=1S/C15H20N4O2/c1-11-3-2-4-12-14(11)19(15(16)17-12)6-5-13(20)18-7-9-21-10-8-18/h2-4H,5-10H2,1H3,(H2,16,17). The number of morpholine rings is 1. The first kappa shape index (κ1) is 13.9. The second kappa shape index (κ2) is 5.73. The summed E-state index contributed by atoms with van der Waals surface area (Å²) in [4.78, 5) is 18.4. The van der Waals surface area contributed by atoms with Crippen LogP contribution < -0.4 is 5.73 Å². The molecule has 21 heavy (non-hydrogen) atoms. The molecule has 1 amide bonds. The van der Waals surface area contributed by atoms with Crippen molar-refractivity contribution in [3.05, 3.63) is 23.8 Å². The smallest absolute Gasteiger partial charge is 0.224 e. The van der Waals surface area contributed by atoms with E-state index in [1.54, 1.807) is 0 Å². The summed E-state index contributed by atoms with van der Waals surface area (Å²) in [7, 11) is 0. The first-order chi connectivity index (χ1) is 10.2. The third kappa shape index (κ3) is 2.71. The van der Waals surface area contributed by atoms with E-state index >= 15 is 0 Å². The predicted molar refractivity (Wildman–Crippen MR) is 80.9 cm³/mol. The number of aryl methyl sites for hydroxylation is 2. The lowest BCUT2D eigenvalue weighted by Gasteiger charge is -2.27. The van der Waals surface area contributed by atoms with Gasteiger partial charge in [0.05, 0.1) is 24.2 Å². The van der Waals surface area contributed by atoms with Gasteiger partial charge in [0.1, 0.15) is 0 Å². The van der Waals surface area contributed by atoms with E-state index in [0.29, 0.717) is 45.2 Å². The van der Waals surface area contributed by atoms with Crippen LogP contribution in [0.2, 0.25) is 0 Å². The number of benzene rings is 1. The number of hydrogen-bond acceptors (Lipinski definition) is 4. The molecule has 2 aromatic rings. The van der Waals surface area contributed by atoms with Gasteiger partial charge in [-0.15, -0.1) is 0 Å². The van der Waals surface area contributed by atoms with E-state index in [-0.39, 0.29) is 5.91 Å².